The van der Waals surface area contributed by atoms with Gasteiger partial charge in [0.1, 0.15) is 17.3 Å². The van der Waals surface area contributed by atoms with Crippen molar-refractivity contribution in [3.05, 3.63) is 50.8 Å². The van der Waals surface area contributed by atoms with Crippen molar-refractivity contribution >= 4 is 27.5 Å². The number of aryl methyl sites for hydroxylation is 1. The fraction of sp³-hybridized carbons (Fsp3) is 0.286. The molecule has 0 bridgehead atoms. The highest BCUT2D eigenvalue weighted by Gasteiger charge is 2.22. The van der Waals surface area contributed by atoms with E-state index in [4.69, 9.17) is 20.8 Å². The van der Waals surface area contributed by atoms with Crippen LogP contribution in [-0.2, 0) is 0 Å². The molecule has 1 N–H and O–H groups in total. The van der Waals surface area contributed by atoms with Crippen LogP contribution in [-0.4, -0.2) is 14.2 Å². The molecule has 5 heteroatoms. The van der Waals surface area contributed by atoms with Crippen LogP contribution in [0.2, 0.25) is 5.02 Å². The predicted molar refractivity (Wildman–Crippen MR) is 80.1 cm³/mol. The van der Waals surface area contributed by atoms with E-state index in [1.165, 1.54) is 0 Å². The Bertz CT molecular complexity index is 583. The average molecular weight is 345 g/mol. The number of nitrogens with one attached hydrogen (secondary N) is 1. The van der Waals surface area contributed by atoms with E-state index in [1.807, 2.05) is 38.2 Å². The van der Waals surface area contributed by atoms with Crippen LogP contribution < -0.4 is 10.1 Å². The predicted octanol–water partition coefficient (Wildman–Crippen LogP) is 4.32. The highest BCUT2D eigenvalue weighted by Crippen LogP contribution is 2.38. The van der Waals surface area contributed by atoms with E-state index in [9.17, 15) is 0 Å². The van der Waals surface area contributed by atoms with Gasteiger partial charge in [0, 0.05) is 10.6 Å². The molecule has 102 valence electrons. The zero-order valence-electron chi connectivity index (χ0n) is 11.0. The number of methoxy groups -OCH3 is 1. The average Bonchev–Trinajstić information content (AvgIpc) is 2.76. The van der Waals surface area contributed by atoms with E-state index in [0.29, 0.717) is 5.02 Å². The molecule has 19 heavy (non-hydrogen) atoms. The normalized spacial score (nSPS) is 12.5. The summed E-state index contributed by atoms with van der Waals surface area (Å²) in [6, 6.07) is 7.46. The molecule has 0 fully saturated rings. The van der Waals surface area contributed by atoms with Crippen LogP contribution in [0.3, 0.4) is 0 Å². The number of rotatable bonds is 4. The standard InChI is InChI=1S/C14H15BrClNO2/c1-8-4-5-12(19-8)13(17-2)10-6-9(16)7-11(15)14(10)18-3/h4-7,13,17H,1-3H3. The Morgan fingerprint density at radius 3 is 2.63 bits per heavy atom. The lowest BCUT2D eigenvalue weighted by molar-refractivity contribution is 0.392. The van der Waals surface area contributed by atoms with Crippen molar-refractivity contribution in [3.8, 4) is 5.75 Å². The molecular weight excluding hydrogens is 330 g/mol. The van der Waals surface area contributed by atoms with Crippen molar-refractivity contribution in [1.29, 1.82) is 0 Å². The largest absolute Gasteiger partial charge is 0.495 e. The Morgan fingerprint density at radius 1 is 1.37 bits per heavy atom. The number of ether oxygens (including phenoxy) is 1. The van der Waals surface area contributed by atoms with Crippen LogP contribution in [0.25, 0.3) is 0 Å². The molecule has 1 aromatic heterocycles. The summed E-state index contributed by atoms with van der Waals surface area (Å²) in [6.07, 6.45) is 0. The molecule has 1 unspecified atom stereocenters. The minimum absolute atomic E-state index is 0.112. The molecule has 0 radical (unpaired) electrons. The van der Waals surface area contributed by atoms with Gasteiger partial charge in [0.15, 0.2) is 0 Å². The second kappa shape index (κ2) is 5.99. The number of benzene rings is 1. The first-order valence-corrected chi connectivity index (χ1v) is 7.00. The van der Waals surface area contributed by atoms with Gasteiger partial charge in [-0.25, -0.2) is 0 Å². The third-order valence-electron chi connectivity index (χ3n) is 2.89. The summed E-state index contributed by atoms with van der Waals surface area (Å²) in [7, 11) is 3.51. The van der Waals surface area contributed by atoms with Gasteiger partial charge in [-0.3, -0.25) is 0 Å². The Balaban J connectivity index is 2.54. The molecule has 3 nitrogen and oxygen atoms in total. The second-order valence-corrected chi connectivity index (χ2v) is 5.47. The van der Waals surface area contributed by atoms with Crippen LogP contribution in [0.1, 0.15) is 23.1 Å². The third-order valence-corrected chi connectivity index (χ3v) is 3.69. The quantitative estimate of drug-likeness (QED) is 0.897. The topological polar surface area (TPSA) is 34.4 Å². The maximum atomic E-state index is 6.13. The first kappa shape index (κ1) is 14.4. The zero-order valence-corrected chi connectivity index (χ0v) is 13.3. The fourth-order valence-electron chi connectivity index (χ4n) is 2.07. The molecule has 1 heterocycles. The SMILES string of the molecule is CNC(c1ccc(C)o1)c1cc(Cl)cc(Br)c1OC. The van der Waals surface area contributed by atoms with Gasteiger partial charge in [-0.2, -0.15) is 0 Å². The summed E-state index contributed by atoms with van der Waals surface area (Å²) in [5.74, 6) is 2.44. The van der Waals surface area contributed by atoms with Crippen molar-refractivity contribution < 1.29 is 9.15 Å². The van der Waals surface area contributed by atoms with E-state index in [2.05, 4.69) is 21.2 Å². The Hall–Kier alpha value is -0.970. The number of hydrogen-bond donors (Lipinski definition) is 1. The first-order valence-electron chi connectivity index (χ1n) is 5.83. The van der Waals surface area contributed by atoms with Crippen LogP contribution in [0.15, 0.2) is 33.2 Å². The van der Waals surface area contributed by atoms with Crippen LogP contribution in [0.4, 0.5) is 0 Å². The number of hydrogen-bond acceptors (Lipinski definition) is 3. The van der Waals surface area contributed by atoms with Crippen molar-refractivity contribution in [1.82, 2.24) is 5.32 Å². The van der Waals surface area contributed by atoms with E-state index >= 15 is 0 Å². The molecule has 1 atom stereocenters. The van der Waals surface area contributed by atoms with Crippen LogP contribution in [0.5, 0.6) is 5.75 Å². The van der Waals surface area contributed by atoms with E-state index in [-0.39, 0.29) is 6.04 Å². The highest BCUT2D eigenvalue weighted by molar-refractivity contribution is 9.10. The zero-order chi connectivity index (χ0) is 14.0. The molecule has 0 amide bonds. The molecule has 1 aromatic carbocycles. The number of furan rings is 1. The summed E-state index contributed by atoms with van der Waals surface area (Å²) in [6.45, 7) is 1.92. The Morgan fingerprint density at radius 2 is 2.11 bits per heavy atom. The molecule has 0 aliphatic heterocycles. The first-order chi connectivity index (χ1) is 9.06. The second-order valence-electron chi connectivity index (χ2n) is 4.18. The minimum atomic E-state index is -0.112. The van der Waals surface area contributed by atoms with Crippen molar-refractivity contribution in [2.75, 3.05) is 14.2 Å². The van der Waals surface area contributed by atoms with Gasteiger partial charge >= 0.3 is 0 Å². The lowest BCUT2D eigenvalue weighted by atomic mass is 10.0. The maximum Gasteiger partial charge on any atom is 0.138 e. The van der Waals surface area contributed by atoms with Gasteiger partial charge in [-0.05, 0) is 54.2 Å². The summed E-state index contributed by atoms with van der Waals surface area (Å²) in [5, 5.41) is 3.87. The lowest BCUT2D eigenvalue weighted by Crippen LogP contribution is -2.18. The third kappa shape index (κ3) is 2.96. The molecule has 2 rings (SSSR count). The highest BCUT2D eigenvalue weighted by atomic mass is 79.9. The minimum Gasteiger partial charge on any atom is -0.495 e. The molecule has 0 aliphatic carbocycles. The van der Waals surface area contributed by atoms with Crippen molar-refractivity contribution in [3.63, 3.8) is 0 Å². The summed E-state index contributed by atoms with van der Waals surface area (Å²) in [5.41, 5.74) is 0.929. The van der Waals surface area contributed by atoms with E-state index in [0.717, 1.165) is 27.3 Å². The molecule has 0 spiro atoms. The summed E-state index contributed by atoms with van der Waals surface area (Å²) >= 11 is 9.59. The van der Waals surface area contributed by atoms with Gasteiger partial charge in [-0.1, -0.05) is 11.6 Å². The van der Waals surface area contributed by atoms with Gasteiger partial charge in [0.2, 0.25) is 0 Å². The van der Waals surface area contributed by atoms with Crippen molar-refractivity contribution in [2.45, 2.75) is 13.0 Å². The smallest absolute Gasteiger partial charge is 0.138 e. The van der Waals surface area contributed by atoms with Gasteiger partial charge in [0.05, 0.1) is 17.6 Å². The number of halogens is 2. The van der Waals surface area contributed by atoms with Crippen molar-refractivity contribution in [2.24, 2.45) is 0 Å². The van der Waals surface area contributed by atoms with E-state index < -0.39 is 0 Å². The fourth-order valence-corrected chi connectivity index (χ4v) is 3.07. The van der Waals surface area contributed by atoms with Gasteiger partial charge in [-0.15, -0.1) is 0 Å². The molecule has 0 saturated carbocycles. The molecule has 2 aromatic rings. The molecule has 0 aliphatic rings. The van der Waals surface area contributed by atoms with Crippen LogP contribution in [0, 0.1) is 6.92 Å². The molecule has 0 saturated heterocycles. The van der Waals surface area contributed by atoms with E-state index in [1.54, 1.807) is 7.11 Å². The van der Waals surface area contributed by atoms with Gasteiger partial charge in [0.25, 0.3) is 0 Å². The monoisotopic (exact) mass is 343 g/mol. The lowest BCUT2D eigenvalue weighted by Gasteiger charge is -2.19. The Labute approximate surface area is 126 Å². The van der Waals surface area contributed by atoms with Crippen LogP contribution >= 0.6 is 27.5 Å². The summed E-state index contributed by atoms with van der Waals surface area (Å²) in [4.78, 5) is 0. The maximum absolute atomic E-state index is 6.13. The van der Waals surface area contributed by atoms with Gasteiger partial charge < -0.3 is 14.5 Å². The summed E-state index contributed by atoms with van der Waals surface area (Å²) < 4.78 is 12.0. The Kier molecular flexibility index (Phi) is 4.55. The molecular formula is C14H15BrClNO2.